The average molecular weight is 295 g/mol. The number of nitrogens with two attached hydrogens (primary N) is 1. The van der Waals surface area contributed by atoms with Crippen molar-refractivity contribution in [1.82, 2.24) is 0 Å². The molecule has 0 spiro atoms. The molecule has 0 saturated carbocycles. The Bertz CT molecular complexity index is 720. The van der Waals surface area contributed by atoms with Crippen LogP contribution in [-0.4, -0.2) is 17.1 Å². The summed E-state index contributed by atoms with van der Waals surface area (Å²) in [6, 6.07) is 9.91. The van der Waals surface area contributed by atoms with Crippen molar-refractivity contribution >= 4 is 16.6 Å². The normalized spacial score (nSPS) is 12.6. The summed E-state index contributed by atoms with van der Waals surface area (Å²) in [5, 5.41) is 11.2. The van der Waals surface area contributed by atoms with E-state index in [9.17, 15) is 23.1 Å². The number of halogens is 3. The first-order chi connectivity index (χ1) is 9.84. The van der Waals surface area contributed by atoms with Crippen molar-refractivity contribution in [3.63, 3.8) is 0 Å². The number of rotatable bonds is 3. The van der Waals surface area contributed by atoms with E-state index in [1.54, 1.807) is 30.3 Å². The summed E-state index contributed by atoms with van der Waals surface area (Å²) in [4.78, 5) is 11.3. The van der Waals surface area contributed by atoms with E-state index in [0.717, 1.165) is 5.39 Å². The van der Waals surface area contributed by atoms with Crippen LogP contribution in [0.25, 0.3) is 10.8 Å². The zero-order valence-electron chi connectivity index (χ0n) is 10.8. The summed E-state index contributed by atoms with van der Waals surface area (Å²) < 4.78 is 37.5. The Balaban J connectivity index is 2.48. The van der Waals surface area contributed by atoms with Crippen molar-refractivity contribution in [3.05, 3.63) is 53.7 Å². The molecule has 0 heterocycles. The number of benzene rings is 2. The third-order valence-electron chi connectivity index (χ3n) is 3.13. The molecule has 3 N–H and O–H groups in total. The topological polar surface area (TPSA) is 63.3 Å². The summed E-state index contributed by atoms with van der Waals surface area (Å²) in [5.74, 6) is -2.18. The van der Waals surface area contributed by atoms with Crippen LogP contribution in [0.5, 0.6) is 5.75 Å². The van der Waals surface area contributed by atoms with E-state index in [1.165, 1.54) is 6.07 Å². The molecule has 2 rings (SSSR count). The molecule has 0 aliphatic heterocycles. The molecule has 3 nitrogen and oxygen atoms in total. The zero-order valence-corrected chi connectivity index (χ0v) is 10.8. The Morgan fingerprint density at radius 2 is 1.86 bits per heavy atom. The lowest BCUT2D eigenvalue weighted by molar-refractivity contribution is -0.166. The number of Topliss-reactive ketones (excluding diaryl/α,β-unsaturated/α-hetero) is 1. The van der Waals surface area contributed by atoms with Gasteiger partial charge in [-0.15, -0.1) is 0 Å². The van der Waals surface area contributed by atoms with E-state index in [4.69, 9.17) is 5.73 Å². The van der Waals surface area contributed by atoms with Crippen LogP contribution in [0, 0.1) is 0 Å². The van der Waals surface area contributed by atoms with Crippen molar-refractivity contribution in [2.75, 3.05) is 0 Å². The molecule has 0 aliphatic carbocycles. The second kappa shape index (κ2) is 5.47. The van der Waals surface area contributed by atoms with Crippen LogP contribution in [0.4, 0.5) is 13.2 Å². The van der Waals surface area contributed by atoms with Crippen molar-refractivity contribution in [1.29, 1.82) is 0 Å². The number of hydrogen-bond donors (Lipinski definition) is 2. The first-order valence-corrected chi connectivity index (χ1v) is 6.06. The highest BCUT2D eigenvalue weighted by Gasteiger charge is 2.40. The molecule has 0 radical (unpaired) electrons. The van der Waals surface area contributed by atoms with Crippen molar-refractivity contribution in [2.24, 2.45) is 5.73 Å². The van der Waals surface area contributed by atoms with Crippen molar-refractivity contribution < 1.29 is 23.1 Å². The van der Waals surface area contributed by atoms with Gasteiger partial charge in [0.25, 0.3) is 5.78 Å². The maximum Gasteiger partial charge on any atom is 0.454 e. The second-order valence-corrected chi connectivity index (χ2v) is 4.48. The van der Waals surface area contributed by atoms with Gasteiger partial charge in [0.05, 0.1) is 0 Å². The fourth-order valence-corrected chi connectivity index (χ4v) is 2.10. The minimum absolute atomic E-state index is 0.178. The number of ketones is 1. The predicted octanol–water partition coefficient (Wildman–Crippen LogP) is 3.06. The van der Waals surface area contributed by atoms with E-state index in [-0.39, 0.29) is 17.7 Å². The van der Waals surface area contributed by atoms with Crippen LogP contribution in [0.15, 0.2) is 48.2 Å². The standard InChI is InChI=1S/C15H12F3NO2/c16-15(17,18)14(21)10(8-19)7-12-11-4-2-1-3-9(11)5-6-13(12)20/h1-6,8,20H,7,19H2/b10-8+. The van der Waals surface area contributed by atoms with Gasteiger partial charge in [-0.25, -0.2) is 0 Å². The lowest BCUT2D eigenvalue weighted by atomic mass is 9.96. The van der Waals surface area contributed by atoms with Crippen LogP contribution >= 0.6 is 0 Å². The highest BCUT2D eigenvalue weighted by atomic mass is 19.4. The van der Waals surface area contributed by atoms with Crippen LogP contribution in [-0.2, 0) is 11.2 Å². The van der Waals surface area contributed by atoms with Crippen molar-refractivity contribution in [3.8, 4) is 5.75 Å². The van der Waals surface area contributed by atoms with E-state index in [2.05, 4.69) is 0 Å². The molecule has 0 atom stereocenters. The van der Waals surface area contributed by atoms with Gasteiger partial charge in [-0.05, 0) is 16.8 Å². The van der Waals surface area contributed by atoms with Gasteiger partial charge in [-0.2, -0.15) is 13.2 Å². The van der Waals surface area contributed by atoms with Crippen LogP contribution in [0.3, 0.4) is 0 Å². The average Bonchev–Trinajstić information content (AvgIpc) is 2.45. The summed E-state index contributed by atoms with van der Waals surface area (Å²) in [6.45, 7) is 0. The Labute approximate surface area is 118 Å². The van der Waals surface area contributed by atoms with Gasteiger partial charge in [-0.3, -0.25) is 4.79 Å². The minimum Gasteiger partial charge on any atom is -0.508 e. The second-order valence-electron chi connectivity index (χ2n) is 4.48. The van der Waals surface area contributed by atoms with E-state index >= 15 is 0 Å². The Morgan fingerprint density at radius 1 is 1.19 bits per heavy atom. The maximum atomic E-state index is 12.5. The van der Waals surface area contributed by atoms with Crippen LogP contribution in [0.2, 0.25) is 0 Å². The van der Waals surface area contributed by atoms with E-state index in [0.29, 0.717) is 11.6 Å². The third kappa shape index (κ3) is 2.99. The van der Waals surface area contributed by atoms with Crippen molar-refractivity contribution in [2.45, 2.75) is 12.6 Å². The van der Waals surface area contributed by atoms with Gasteiger partial charge >= 0.3 is 6.18 Å². The summed E-state index contributed by atoms with van der Waals surface area (Å²) in [5.41, 5.74) is 4.78. The van der Waals surface area contributed by atoms with E-state index < -0.39 is 17.5 Å². The fourth-order valence-electron chi connectivity index (χ4n) is 2.10. The van der Waals surface area contributed by atoms with Gasteiger partial charge in [0.1, 0.15) is 5.75 Å². The molecule has 0 aromatic heterocycles. The number of allylic oxidation sites excluding steroid dienone is 1. The monoisotopic (exact) mass is 295 g/mol. The maximum absolute atomic E-state index is 12.5. The Kier molecular flexibility index (Phi) is 3.88. The first-order valence-electron chi connectivity index (χ1n) is 6.06. The molecule has 0 aliphatic rings. The number of hydrogen-bond acceptors (Lipinski definition) is 3. The van der Waals surface area contributed by atoms with Gasteiger partial charge in [0, 0.05) is 23.8 Å². The highest BCUT2D eigenvalue weighted by Crippen LogP contribution is 2.31. The number of carbonyl (C=O) groups is 1. The van der Waals surface area contributed by atoms with Crippen LogP contribution in [0.1, 0.15) is 5.56 Å². The smallest absolute Gasteiger partial charge is 0.454 e. The van der Waals surface area contributed by atoms with E-state index in [1.807, 2.05) is 0 Å². The van der Waals surface area contributed by atoms with Gasteiger partial charge in [-0.1, -0.05) is 30.3 Å². The molecule has 0 amide bonds. The molecule has 6 heteroatoms. The minimum atomic E-state index is -4.99. The number of phenols is 1. The van der Waals surface area contributed by atoms with Gasteiger partial charge < -0.3 is 10.8 Å². The third-order valence-corrected chi connectivity index (χ3v) is 3.13. The molecule has 21 heavy (non-hydrogen) atoms. The lowest BCUT2D eigenvalue weighted by Crippen LogP contribution is -2.26. The first kappa shape index (κ1) is 14.9. The molecule has 0 bridgehead atoms. The SMILES string of the molecule is N/C=C(\Cc1c(O)ccc2ccccc12)C(=O)C(F)(F)F. The molecule has 110 valence electrons. The number of phenolic OH excluding ortho intramolecular Hbond substituents is 1. The predicted molar refractivity (Wildman–Crippen MR) is 72.6 cm³/mol. The summed E-state index contributed by atoms with van der Waals surface area (Å²) in [6.07, 6.45) is -4.75. The quantitative estimate of drug-likeness (QED) is 0.855. The molecular formula is C15H12F3NO2. The summed E-state index contributed by atoms with van der Waals surface area (Å²) in [7, 11) is 0. The number of fused-ring (bicyclic) bond motifs is 1. The molecular weight excluding hydrogens is 283 g/mol. The highest BCUT2D eigenvalue weighted by molar-refractivity contribution is 6.00. The number of carbonyl (C=O) groups excluding carboxylic acids is 1. The number of aromatic hydroxyl groups is 1. The number of alkyl halides is 3. The molecule has 0 unspecified atom stereocenters. The largest absolute Gasteiger partial charge is 0.508 e. The van der Waals surface area contributed by atoms with Gasteiger partial charge in [0.15, 0.2) is 0 Å². The molecule has 2 aromatic carbocycles. The van der Waals surface area contributed by atoms with Gasteiger partial charge in [0.2, 0.25) is 0 Å². The van der Waals surface area contributed by atoms with Crippen LogP contribution < -0.4 is 5.73 Å². The summed E-state index contributed by atoms with van der Waals surface area (Å²) >= 11 is 0. The molecule has 2 aromatic rings. The Hall–Kier alpha value is -2.50. The molecule has 0 saturated heterocycles. The lowest BCUT2D eigenvalue weighted by Gasteiger charge is -2.12. The fraction of sp³-hybridized carbons (Fsp3) is 0.133. The zero-order chi connectivity index (χ0) is 15.6. The Morgan fingerprint density at radius 3 is 2.48 bits per heavy atom. The molecule has 0 fully saturated rings.